The van der Waals surface area contributed by atoms with E-state index >= 15 is 0 Å². The first kappa shape index (κ1) is 10.8. The maximum Gasteiger partial charge on any atom is 0.106 e. The standard InChI is InChI=1S/C12H17NO/c1-11-7-3-4-8-12(11)9-5-6-10-13-14-2/h3-4,7-8,10H,5-6,9H2,1-2H3/b13-10+. The molecule has 0 bridgehead atoms. The third-order valence-corrected chi connectivity index (χ3v) is 2.22. The molecule has 2 heteroatoms. The number of aryl methyl sites for hydroxylation is 2. The van der Waals surface area contributed by atoms with Crippen molar-refractivity contribution in [3.8, 4) is 0 Å². The highest BCUT2D eigenvalue weighted by atomic mass is 16.6. The molecule has 0 aromatic heterocycles. The molecule has 0 amide bonds. The number of oxime groups is 1. The Kier molecular flexibility index (Phi) is 4.76. The Bertz CT molecular complexity index is 294. The van der Waals surface area contributed by atoms with E-state index in [-0.39, 0.29) is 0 Å². The molecular formula is C12H17NO. The van der Waals surface area contributed by atoms with Gasteiger partial charge in [0.2, 0.25) is 0 Å². The third kappa shape index (κ3) is 3.60. The third-order valence-electron chi connectivity index (χ3n) is 2.22. The smallest absolute Gasteiger partial charge is 0.106 e. The van der Waals surface area contributed by atoms with Crippen molar-refractivity contribution >= 4 is 6.21 Å². The summed E-state index contributed by atoms with van der Waals surface area (Å²) in [6.07, 6.45) is 5.03. The molecule has 0 radical (unpaired) electrons. The van der Waals surface area contributed by atoms with Crippen molar-refractivity contribution < 1.29 is 4.84 Å². The Morgan fingerprint density at radius 2 is 2.14 bits per heavy atom. The van der Waals surface area contributed by atoms with Gasteiger partial charge in [-0.1, -0.05) is 29.4 Å². The number of nitrogens with zero attached hydrogens (tertiary/aromatic N) is 1. The highest BCUT2D eigenvalue weighted by Gasteiger charge is 1.95. The van der Waals surface area contributed by atoms with E-state index in [9.17, 15) is 0 Å². The molecule has 0 fully saturated rings. The number of hydrogen-bond donors (Lipinski definition) is 0. The monoisotopic (exact) mass is 191 g/mol. The van der Waals surface area contributed by atoms with Gasteiger partial charge in [0.1, 0.15) is 7.11 Å². The Morgan fingerprint density at radius 3 is 2.86 bits per heavy atom. The van der Waals surface area contributed by atoms with E-state index in [1.165, 1.54) is 11.1 Å². The van der Waals surface area contributed by atoms with Crippen molar-refractivity contribution in [1.82, 2.24) is 0 Å². The first-order valence-corrected chi connectivity index (χ1v) is 4.94. The maximum absolute atomic E-state index is 4.59. The number of unbranched alkanes of at least 4 members (excludes halogenated alkanes) is 1. The molecule has 0 saturated carbocycles. The molecule has 0 N–H and O–H groups in total. The molecule has 0 aliphatic carbocycles. The molecule has 0 spiro atoms. The number of hydrogen-bond acceptors (Lipinski definition) is 2. The minimum atomic E-state index is 0.974. The summed E-state index contributed by atoms with van der Waals surface area (Å²) in [6.45, 7) is 2.15. The Hall–Kier alpha value is -1.31. The van der Waals surface area contributed by atoms with Crippen molar-refractivity contribution in [2.75, 3.05) is 7.11 Å². The molecule has 0 heterocycles. The lowest BCUT2D eigenvalue weighted by molar-refractivity contribution is 0.214. The molecule has 14 heavy (non-hydrogen) atoms. The minimum absolute atomic E-state index is 0.974. The first-order valence-electron chi connectivity index (χ1n) is 4.94. The lowest BCUT2D eigenvalue weighted by Crippen LogP contribution is -1.89. The van der Waals surface area contributed by atoms with Crippen LogP contribution in [0.25, 0.3) is 0 Å². The van der Waals surface area contributed by atoms with Gasteiger partial charge in [-0.2, -0.15) is 0 Å². The second kappa shape index (κ2) is 6.19. The van der Waals surface area contributed by atoms with Gasteiger partial charge in [0.15, 0.2) is 0 Å². The molecule has 2 nitrogen and oxygen atoms in total. The van der Waals surface area contributed by atoms with E-state index in [4.69, 9.17) is 0 Å². The lowest BCUT2D eigenvalue weighted by Gasteiger charge is -2.02. The van der Waals surface area contributed by atoms with Gasteiger partial charge >= 0.3 is 0 Å². The van der Waals surface area contributed by atoms with Crippen LogP contribution in [-0.4, -0.2) is 13.3 Å². The average molecular weight is 191 g/mol. The fourth-order valence-electron chi connectivity index (χ4n) is 1.40. The van der Waals surface area contributed by atoms with Crippen LogP contribution in [0, 0.1) is 6.92 Å². The molecule has 0 atom stereocenters. The van der Waals surface area contributed by atoms with Gasteiger partial charge in [-0.05, 0) is 37.3 Å². The van der Waals surface area contributed by atoms with Gasteiger partial charge in [-0.15, -0.1) is 0 Å². The predicted octanol–water partition coefficient (Wildman–Crippen LogP) is 2.95. The van der Waals surface area contributed by atoms with E-state index in [1.807, 2.05) is 6.21 Å². The number of rotatable bonds is 5. The topological polar surface area (TPSA) is 21.6 Å². The van der Waals surface area contributed by atoms with Gasteiger partial charge in [-0.25, -0.2) is 0 Å². The minimum Gasteiger partial charge on any atom is -0.399 e. The molecule has 0 unspecified atom stereocenters. The van der Waals surface area contributed by atoms with Gasteiger partial charge in [0.05, 0.1) is 0 Å². The SMILES string of the molecule is CO/N=C/CCCc1ccccc1C. The summed E-state index contributed by atoms with van der Waals surface area (Å²) < 4.78 is 0. The highest BCUT2D eigenvalue weighted by molar-refractivity contribution is 5.56. The van der Waals surface area contributed by atoms with Crippen LogP contribution in [0.2, 0.25) is 0 Å². The largest absolute Gasteiger partial charge is 0.399 e. The Morgan fingerprint density at radius 1 is 1.36 bits per heavy atom. The van der Waals surface area contributed by atoms with E-state index < -0.39 is 0 Å². The van der Waals surface area contributed by atoms with Crippen LogP contribution >= 0.6 is 0 Å². The van der Waals surface area contributed by atoms with Gasteiger partial charge < -0.3 is 4.84 Å². The molecule has 1 aromatic carbocycles. The maximum atomic E-state index is 4.59. The van der Waals surface area contributed by atoms with Crippen LogP contribution in [0.4, 0.5) is 0 Å². The van der Waals surface area contributed by atoms with Crippen LogP contribution in [-0.2, 0) is 11.3 Å². The van der Waals surface area contributed by atoms with Crippen molar-refractivity contribution in [2.45, 2.75) is 26.2 Å². The normalized spacial score (nSPS) is 10.7. The molecule has 1 rings (SSSR count). The van der Waals surface area contributed by atoms with Crippen LogP contribution in [0.15, 0.2) is 29.4 Å². The Labute approximate surface area is 85.6 Å². The van der Waals surface area contributed by atoms with Crippen molar-refractivity contribution in [3.63, 3.8) is 0 Å². The summed E-state index contributed by atoms with van der Waals surface area (Å²) in [4.78, 5) is 4.59. The Balaban J connectivity index is 2.31. The van der Waals surface area contributed by atoms with Crippen molar-refractivity contribution in [2.24, 2.45) is 5.16 Å². The zero-order valence-electron chi connectivity index (χ0n) is 8.86. The highest BCUT2D eigenvalue weighted by Crippen LogP contribution is 2.09. The van der Waals surface area contributed by atoms with Crippen molar-refractivity contribution in [3.05, 3.63) is 35.4 Å². The van der Waals surface area contributed by atoms with E-state index in [0.29, 0.717) is 0 Å². The second-order valence-electron chi connectivity index (χ2n) is 3.29. The van der Waals surface area contributed by atoms with E-state index in [2.05, 4.69) is 41.2 Å². The summed E-state index contributed by atoms with van der Waals surface area (Å²) >= 11 is 0. The fraction of sp³-hybridized carbons (Fsp3) is 0.417. The zero-order valence-corrected chi connectivity index (χ0v) is 8.86. The summed E-state index contributed by atoms with van der Waals surface area (Å²) in [7, 11) is 1.57. The number of benzene rings is 1. The van der Waals surface area contributed by atoms with Gasteiger partial charge in [-0.3, -0.25) is 0 Å². The first-order chi connectivity index (χ1) is 6.84. The zero-order chi connectivity index (χ0) is 10.2. The molecular weight excluding hydrogens is 174 g/mol. The molecule has 0 saturated heterocycles. The molecule has 1 aromatic rings. The quantitative estimate of drug-likeness (QED) is 0.398. The summed E-state index contributed by atoms with van der Waals surface area (Å²) in [6, 6.07) is 8.50. The second-order valence-corrected chi connectivity index (χ2v) is 3.29. The lowest BCUT2D eigenvalue weighted by atomic mass is 10.0. The van der Waals surface area contributed by atoms with Gasteiger partial charge in [0, 0.05) is 6.21 Å². The van der Waals surface area contributed by atoms with E-state index in [1.54, 1.807) is 7.11 Å². The van der Waals surface area contributed by atoms with Crippen LogP contribution in [0.5, 0.6) is 0 Å². The predicted molar refractivity (Wildman–Crippen MR) is 59.6 cm³/mol. The summed E-state index contributed by atoms with van der Waals surface area (Å²) in [5, 5.41) is 3.70. The molecule has 0 aliphatic rings. The van der Waals surface area contributed by atoms with Crippen LogP contribution in [0.3, 0.4) is 0 Å². The molecule has 0 aliphatic heterocycles. The van der Waals surface area contributed by atoms with Crippen molar-refractivity contribution in [1.29, 1.82) is 0 Å². The fourth-order valence-corrected chi connectivity index (χ4v) is 1.40. The van der Waals surface area contributed by atoms with Crippen LogP contribution in [0.1, 0.15) is 24.0 Å². The summed E-state index contributed by atoms with van der Waals surface area (Å²) in [5.41, 5.74) is 2.80. The van der Waals surface area contributed by atoms with Crippen LogP contribution < -0.4 is 0 Å². The van der Waals surface area contributed by atoms with E-state index in [0.717, 1.165) is 19.3 Å². The molecule has 76 valence electrons. The average Bonchev–Trinajstić information content (AvgIpc) is 2.20. The summed E-state index contributed by atoms with van der Waals surface area (Å²) in [5.74, 6) is 0. The van der Waals surface area contributed by atoms with Gasteiger partial charge in [0.25, 0.3) is 0 Å².